The zero-order valence-electron chi connectivity index (χ0n) is 11.4. The molecule has 1 unspecified atom stereocenters. The lowest BCUT2D eigenvalue weighted by Crippen LogP contribution is -2.39. The number of aromatic nitrogens is 2. The lowest BCUT2D eigenvalue weighted by Gasteiger charge is -2.21. The minimum atomic E-state index is 0.0556. The Morgan fingerprint density at radius 3 is 2.47 bits per heavy atom. The molecule has 1 heterocycles. The van der Waals surface area contributed by atoms with Crippen molar-refractivity contribution in [1.82, 2.24) is 14.9 Å². The Balaban J connectivity index is 2.67. The van der Waals surface area contributed by atoms with Crippen molar-refractivity contribution in [3.8, 4) is 0 Å². The van der Waals surface area contributed by atoms with Crippen molar-refractivity contribution in [1.29, 1.82) is 0 Å². The molecule has 0 saturated carbocycles. The third kappa shape index (κ3) is 4.01. The maximum atomic E-state index is 5.75. The maximum Gasteiger partial charge on any atom is 0.0854 e. The Morgan fingerprint density at radius 1 is 1.35 bits per heavy atom. The molecule has 0 aromatic carbocycles. The van der Waals surface area contributed by atoms with E-state index in [0.29, 0.717) is 18.5 Å². The molecule has 0 spiro atoms. The molecule has 17 heavy (non-hydrogen) atoms. The van der Waals surface area contributed by atoms with Gasteiger partial charge in [0.15, 0.2) is 0 Å². The standard InChI is InChI=1S/C12H24N4S/c1-8(2)9(6-13)14-7-10-11(12(3,4)5)15-16-17-10/h8-9,14H,6-7,13H2,1-5H3. The number of nitrogens with two attached hydrogens (primary N) is 1. The molecule has 1 aromatic heterocycles. The Kier molecular flexibility index (Phi) is 5.04. The van der Waals surface area contributed by atoms with Crippen LogP contribution in [0, 0.1) is 5.92 Å². The summed E-state index contributed by atoms with van der Waals surface area (Å²) in [4.78, 5) is 1.22. The molecule has 1 atom stereocenters. The normalized spacial score (nSPS) is 14.3. The molecule has 0 saturated heterocycles. The highest BCUT2D eigenvalue weighted by atomic mass is 32.1. The fourth-order valence-corrected chi connectivity index (χ4v) is 2.51. The molecule has 0 amide bonds. The summed E-state index contributed by atoms with van der Waals surface area (Å²) in [6.45, 7) is 12.3. The highest BCUT2D eigenvalue weighted by Gasteiger charge is 2.22. The fraction of sp³-hybridized carbons (Fsp3) is 0.833. The van der Waals surface area contributed by atoms with Crippen molar-refractivity contribution in [3.05, 3.63) is 10.6 Å². The van der Waals surface area contributed by atoms with Crippen LogP contribution in [0.2, 0.25) is 0 Å². The van der Waals surface area contributed by atoms with Crippen LogP contribution in [0.5, 0.6) is 0 Å². The molecular weight excluding hydrogens is 232 g/mol. The molecule has 1 rings (SSSR count). The van der Waals surface area contributed by atoms with Gasteiger partial charge in [0.25, 0.3) is 0 Å². The van der Waals surface area contributed by atoms with Gasteiger partial charge in [-0.25, -0.2) is 0 Å². The topological polar surface area (TPSA) is 63.8 Å². The summed E-state index contributed by atoms with van der Waals surface area (Å²) in [6, 6.07) is 0.352. The van der Waals surface area contributed by atoms with Crippen molar-refractivity contribution in [2.24, 2.45) is 11.7 Å². The zero-order chi connectivity index (χ0) is 13.1. The van der Waals surface area contributed by atoms with Crippen molar-refractivity contribution in [2.45, 2.75) is 52.6 Å². The van der Waals surface area contributed by atoms with Crippen LogP contribution in [0.15, 0.2) is 0 Å². The van der Waals surface area contributed by atoms with E-state index in [9.17, 15) is 0 Å². The van der Waals surface area contributed by atoms with Crippen LogP contribution in [0.1, 0.15) is 45.2 Å². The Bertz CT molecular complexity index is 341. The highest BCUT2D eigenvalue weighted by Crippen LogP contribution is 2.25. The molecule has 98 valence electrons. The monoisotopic (exact) mass is 256 g/mol. The van der Waals surface area contributed by atoms with Gasteiger partial charge in [0.2, 0.25) is 0 Å². The first-order valence-corrected chi connectivity index (χ1v) is 6.88. The summed E-state index contributed by atoms with van der Waals surface area (Å²) < 4.78 is 4.06. The largest absolute Gasteiger partial charge is 0.329 e. The van der Waals surface area contributed by atoms with Crippen LogP contribution in [-0.2, 0) is 12.0 Å². The molecule has 5 heteroatoms. The van der Waals surface area contributed by atoms with Gasteiger partial charge in [0.1, 0.15) is 0 Å². The first-order chi connectivity index (χ1) is 7.86. The van der Waals surface area contributed by atoms with E-state index >= 15 is 0 Å². The average molecular weight is 256 g/mol. The summed E-state index contributed by atoms with van der Waals surface area (Å²) in [5.74, 6) is 0.541. The van der Waals surface area contributed by atoms with Crippen molar-refractivity contribution >= 4 is 11.5 Å². The van der Waals surface area contributed by atoms with Crippen LogP contribution in [0.4, 0.5) is 0 Å². The van der Waals surface area contributed by atoms with Crippen LogP contribution in [0.25, 0.3) is 0 Å². The van der Waals surface area contributed by atoms with Crippen molar-refractivity contribution in [2.75, 3.05) is 6.54 Å². The second-order valence-electron chi connectivity index (χ2n) is 5.76. The zero-order valence-corrected chi connectivity index (χ0v) is 12.3. The Labute approximate surface area is 108 Å². The number of hydrogen-bond acceptors (Lipinski definition) is 5. The number of nitrogens with zero attached hydrogens (tertiary/aromatic N) is 2. The van der Waals surface area contributed by atoms with Crippen molar-refractivity contribution in [3.63, 3.8) is 0 Å². The minimum absolute atomic E-state index is 0.0556. The number of nitrogens with one attached hydrogen (secondary N) is 1. The van der Waals surface area contributed by atoms with Gasteiger partial charge in [0, 0.05) is 24.5 Å². The molecule has 4 nitrogen and oxygen atoms in total. The quantitative estimate of drug-likeness (QED) is 0.844. The van der Waals surface area contributed by atoms with E-state index < -0.39 is 0 Å². The number of hydrogen-bond donors (Lipinski definition) is 2. The first-order valence-electron chi connectivity index (χ1n) is 6.11. The lowest BCUT2D eigenvalue weighted by atomic mass is 9.91. The fourth-order valence-electron chi connectivity index (χ4n) is 1.71. The van der Waals surface area contributed by atoms with Gasteiger partial charge in [-0.1, -0.05) is 39.1 Å². The van der Waals surface area contributed by atoms with Gasteiger partial charge in [-0.2, -0.15) is 0 Å². The van der Waals surface area contributed by atoms with Gasteiger partial charge >= 0.3 is 0 Å². The summed E-state index contributed by atoms with van der Waals surface area (Å²) in [6.07, 6.45) is 0. The second-order valence-corrected chi connectivity index (χ2v) is 6.60. The summed E-state index contributed by atoms with van der Waals surface area (Å²) in [7, 11) is 0. The van der Waals surface area contributed by atoms with E-state index in [1.54, 1.807) is 0 Å². The molecule has 0 bridgehead atoms. The highest BCUT2D eigenvalue weighted by molar-refractivity contribution is 7.05. The first kappa shape index (κ1) is 14.5. The minimum Gasteiger partial charge on any atom is -0.329 e. The third-order valence-electron chi connectivity index (χ3n) is 2.85. The molecule has 3 N–H and O–H groups in total. The van der Waals surface area contributed by atoms with Crippen molar-refractivity contribution < 1.29 is 0 Å². The van der Waals surface area contributed by atoms with Crippen LogP contribution >= 0.6 is 11.5 Å². The maximum absolute atomic E-state index is 5.75. The Hall–Kier alpha value is -0.520. The predicted molar refractivity (Wildman–Crippen MR) is 73.1 cm³/mol. The van der Waals surface area contributed by atoms with E-state index in [1.807, 2.05) is 0 Å². The lowest BCUT2D eigenvalue weighted by molar-refractivity contribution is 0.404. The Morgan fingerprint density at radius 2 is 2.00 bits per heavy atom. The SMILES string of the molecule is CC(C)C(CN)NCc1snnc1C(C)(C)C. The van der Waals surface area contributed by atoms with E-state index in [4.69, 9.17) is 5.73 Å². The van der Waals surface area contributed by atoms with E-state index in [0.717, 1.165) is 12.2 Å². The summed E-state index contributed by atoms with van der Waals surface area (Å²) >= 11 is 1.48. The van der Waals surface area contributed by atoms with E-state index in [-0.39, 0.29) is 5.41 Å². The van der Waals surface area contributed by atoms with Crippen LogP contribution in [0.3, 0.4) is 0 Å². The van der Waals surface area contributed by atoms with Gasteiger partial charge in [0.05, 0.1) is 10.6 Å². The van der Waals surface area contributed by atoms with Gasteiger partial charge in [-0.05, 0) is 17.5 Å². The molecule has 0 aliphatic heterocycles. The van der Waals surface area contributed by atoms with E-state index in [2.05, 4.69) is 49.5 Å². The second kappa shape index (κ2) is 5.89. The van der Waals surface area contributed by atoms with Gasteiger partial charge in [-0.3, -0.25) is 0 Å². The van der Waals surface area contributed by atoms with Gasteiger partial charge in [-0.15, -0.1) is 5.10 Å². The molecule has 1 aromatic rings. The number of rotatable bonds is 5. The molecule has 0 radical (unpaired) electrons. The average Bonchev–Trinajstić information content (AvgIpc) is 2.65. The predicted octanol–water partition coefficient (Wildman–Crippen LogP) is 1.91. The molecule has 0 aliphatic carbocycles. The van der Waals surface area contributed by atoms with Gasteiger partial charge < -0.3 is 11.1 Å². The van der Waals surface area contributed by atoms with Crippen LogP contribution < -0.4 is 11.1 Å². The molecular formula is C12H24N4S. The van der Waals surface area contributed by atoms with Crippen LogP contribution in [-0.4, -0.2) is 22.2 Å². The smallest absolute Gasteiger partial charge is 0.0854 e. The third-order valence-corrected chi connectivity index (χ3v) is 3.57. The summed E-state index contributed by atoms with van der Waals surface area (Å²) in [5, 5.41) is 7.72. The van der Waals surface area contributed by atoms with E-state index in [1.165, 1.54) is 16.4 Å². The molecule has 0 aliphatic rings. The molecule has 0 fully saturated rings. The summed E-state index contributed by atoms with van der Waals surface area (Å²) in [5.41, 5.74) is 6.89.